The summed E-state index contributed by atoms with van der Waals surface area (Å²) in [6.45, 7) is 4.27. The molecule has 0 saturated heterocycles. The molecule has 0 spiro atoms. The van der Waals surface area contributed by atoms with Crippen molar-refractivity contribution in [1.29, 1.82) is 0 Å². The quantitative estimate of drug-likeness (QED) is 0.756. The summed E-state index contributed by atoms with van der Waals surface area (Å²) in [5.41, 5.74) is 0.153. The van der Waals surface area contributed by atoms with E-state index in [0.29, 0.717) is 6.54 Å². The van der Waals surface area contributed by atoms with Crippen LogP contribution in [-0.4, -0.2) is 54.4 Å². The zero-order chi connectivity index (χ0) is 15.8. The van der Waals surface area contributed by atoms with Gasteiger partial charge in [-0.15, -0.1) is 11.3 Å². The first kappa shape index (κ1) is 17.1. The molecule has 21 heavy (non-hydrogen) atoms. The minimum Gasteiger partial charge on any atom is -0.461 e. The number of carbonyl (C=O) groups excluding carboxylic acids is 3. The van der Waals surface area contributed by atoms with E-state index in [0.717, 1.165) is 17.8 Å². The van der Waals surface area contributed by atoms with Gasteiger partial charge in [-0.3, -0.25) is 9.59 Å². The predicted octanol–water partition coefficient (Wildman–Crippen LogP) is 0.918. The molecule has 2 amide bonds. The molecule has 1 rings (SSSR count). The van der Waals surface area contributed by atoms with Crippen LogP contribution >= 0.6 is 11.3 Å². The van der Waals surface area contributed by atoms with Crippen molar-refractivity contribution >= 4 is 29.1 Å². The average Bonchev–Trinajstić information content (AvgIpc) is 2.96. The molecule has 0 bridgehead atoms. The minimum atomic E-state index is -0.546. The summed E-state index contributed by atoms with van der Waals surface area (Å²) in [5.74, 6) is -1.17. The summed E-state index contributed by atoms with van der Waals surface area (Å²) < 4.78 is 4.83. The van der Waals surface area contributed by atoms with Crippen molar-refractivity contribution in [3.8, 4) is 0 Å². The molecule has 1 N–H and O–H groups in total. The Morgan fingerprint density at radius 2 is 2.10 bits per heavy atom. The van der Waals surface area contributed by atoms with E-state index in [-0.39, 0.29) is 35.7 Å². The molecule has 0 fully saturated rings. The highest BCUT2D eigenvalue weighted by Gasteiger charge is 2.22. The fourth-order valence-electron chi connectivity index (χ4n) is 1.60. The van der Waals surface area contributed by atoms with Crippen LogP contribution in [0.5, 0.6) is 0 Å². The Labute approximate surface area is 127 Å². The van der Waals surface area contributed by atoms with Gasteiger partial charge in [0.2, 0.25) is 10.9 Å². The van der Waals surface area contributed by atoms with E-state index < -0.39 is 5.97 Å². The van der Waals surface area contributed by atoms with E-state index in [1.54, 1.807) is 6.92 Å². The van der Waals surface area contributed by atoms with Crippen LogP contribution in [0.2, 0.25) is 0 Å². The van der Waals surface area contributed by atoms with Gasteiger partial charge in [0.25, 0.3) is 5.91 Å². The molecule has 0 aliphatic heterocycles. The van der Waals surface area contributed by atoms with Crippen LogP contribution in [0.1, 0.15) is 40.6 Å². The number of nitrogens with one attached hydrogen (secondary N) is 1. The van der Waals surface area contributed by atoms with Gasteiger partial charge >= 0.3 is 5.97 Å². The van der Waals surface area contributed by atoms with Crippen LogP contribution < -0.4 is 5.32 Å². The highest BCUT2D eigenvalue weighted by molar-refractivity contribution is 7.11. The summed E-state index contributed by atoms with van der Waals surface area (Å²) in [6.07, 6.45) is 0.720. The lowest BCUT2D eigenvalue weighted by Gasteiger charge is -2.19. The Morgan fingerprint density at radius 3 is 2.67 bits per heavy atom. The van der Waals surface area contributed by atoms with Crippen LogP contribution in [0.15, 0.2) is 5.38 Å². The second-order valence-electron chi connectivity index (χ2n) is 4.16. The van der Waals surface area contributed by atoms with Gasteiger partial charge in [0.05, 0.1) is 13.2 Å². The van der Waals surface area contributed by atoms with E-state index in [1.807, 2.05) is 6.92 Å². The van der Waals surface area contributed by atoms with Gasteiger partial charge in [-0.2, -0.15) is 0 Å². The van der Waals surface area contributed by atoms with E-state index >= 15 is 0 Å². The smallest absolute Gasteiger partial charge is 0.367 e. The third-order valence-electron chi connectivity index (χ3n) is 2.57. The van der Waals surface area contributed by atoms with E-state index in [2.05, 4.69) is 10.3 Å². The number of nitrogens with zero attached hydrogens (tertiary/aromatic N) is 2. The number of hydrogen-bond donors (Lipinski definition) is 1. The van der Waals surface area contributed by atoms with Crippen LogP contribution in [0.25, 0.3) is 0 Å². The van der Waals surface area contributed by atoms with Crippen LogP contribution in [0, 0.1) is 0 Å². The lowest BCUT2D eigenvalue weighted by Crippen LogP contribution is -2.40. The lowest BCUT2D eigenvalue weighted by atomic mass is 10.3. The normalized spacial score (nSPS) is 10.0. The maximum atomic E-state index is 12.3. The SMILES string of the molecule is CCCN(CC(=O)NC)C(=O)c1csc(C(=O)OCC)n1. The number of amides is 2. The number of rotatable bonds is 7. The maximum Gasteiger partial charge on any atom is 0.367 e. The molecule has 7 nitrogen and oxygen atoms in total. The third-order valence-corrected chi connectivity index (χ3v) is 3.39. The van der Waals surface area contributed by atoms with Crippen molar-refractivity contribution in [3.63, 3.8) is 0 Å². The number of hydrogen-bond acceptors (Lipinski definition) is 6. The Bertz CT molecular complexity index is 515. The summed E-state index contributed by atoms with van der Waals surface area (Å²) in [5, 5.41) is 4.11. The summed E-state index contributed by atoms with van der Waals surface area (Å²) in [7, 11) is 1.51. The zero-order valence-electron chi connectivity index (χ0n) is 12.3. The standard InChI is InChI=1S/C13H19N3O4S/c1-4-6-16(7-10(17)14-3)12(18)9-8-21-11(15-9)13(19)20-5-2/h8H,4-7H2,1-3H3,(H,14,17). The second kappa shape index (κ2) is 8.35. The van der Waals surface area contributed by atoms with E-state index in [1.165, 1.54) is 17.3 Å². The van der Waals surface area contributed by atoms with Crippen LogP contribution in [0.3, 0.4) is 0 Å². The van der Waals surface area contributed by atoms with Gasteiger partial charge in [0.1, 0.15) is 5.69 Å². The molecule has 0 radical (unpaired) electrons. The molecule has 1 aromatic rings. The van der Waals surface area contributed by atoms with Gasteiger partial charge in [0.15, 0.2) is 0 Å². The highest BCUT2D eigenvalue weighted by Crippen LogP contribution is 2.13. The van der Waals surface area contributed by atoms with Gasteiger partial charge in [-0.25, -0.2) is 9.78 Å². The van der Waals surface area contributed by atoms with Crippen molar-refractivity contribution in [2.45, 2.75) is 20.3 Å². The Kier molecular flexibility index (Phi) is 6.80. The molecule has 0 unspecified atom stereocenters. The van der Waals surface area contributed by atoms with E-state index in [4.69, 9.17) is 4.74 Å². The number of aromatic nitrogens is 1. The fraction of sp³-hybridized carbons (Fsp3) is 0.538. The Hall–Kier alpha value is -1.96. The number of esters is 1. The van der Waals surface area contributed by atoms with Gasteiger partial charge in [-0.05, 0) is 13.3 Å². The second-order valence-corrected chi connectivity index (χ2v) is 5.02. The minimum absolute atomic E-state index is 0.0323. The highest BCUT2D eigenvalue weighted by atomic mass is 32.1. The molecule has 0 atom stereocenters. The third kappa shape index (κ3) is 4.82. The Morgan fingerprint density at radius 1 is 1.38 bits per heavy atom. The number of ether oxygens (including phenoxy) is 1. The molecule has 8 heteroatoms. The first-order chi connectivity index (χ1) is 10.0. The average molecular weight is 313 g/mol. The molecule has 1 aromatic heterocycles. The number of carbonyl (C=O) groups is 3. The first-order valence-electron chi connectivity index (χ1n) is 6.65. The van der Waals surface area contributed by atoms with Crippen LogP contribution in [0.4, 0.5) is 0 Å². The first-order valence-corrected chi connectivity index (χ1v) is 7.53. The number of thiazole rings is 1. The van der Waals surface area contributed by atoms with E-state index in [9.17, 15) is 14.4 Å². The van der Waals surface area contributed by atoms with Crippen LogP contribution in [-0.2, 0) is 9.53 Å². The summed E-state index contributed by atoms with van der Waals surface area (Å²) in [6, 6.07) is 0. The van der Waals surface area contributed by atoms with Gasteiger partial charge in [-0.1, -0.05) is 6.92 Å². The van der Waals surface area contributed by atoms with Crippen molar-refractivity contribution in [2.24, 2.45) is 0 Å². The summed E-state index contributed by atoms with van der Waals surface area (Å²) >= 11 is 1.05. The Balaban J connectivity index is 2.83. The zero-order valence-corrected chi connectivity index (χ0v) is 13.2. The van der Waals surface area contributed by atoms with Gasteiger partial charge in [0, 0.05) is 19.0 Å². The fourth-order valence-corrected chi connectivity index (χ4v) is 2.28. The van der Waals surface area contributed by atoms with Crippen molar-refractivity contribution < 1.29 is 19.1 Å². The maximum absolute atomic E-state index is 12.3. The lowest BCUT2D eigenvalue weighted by molar-refractivity contribution is -0.121. The molecule has 0 aliphatic rings. The number of likely N-dealkylation sites (N-methyl/N-ethyl adjacent to an activating group) is 1. The largest absolute Gasteiger partial charge is 0.461 e. The molecular weight excluding hydrogens is 294 g/mol. The van der Waals surface area contributed by atoms with Crippen molar-refractivity contribution in [3.05, 3.63) is 16.1 Å². The molecule has 0 saturated carbocycles. The topological polar surface area (TPSA) is 88.6 Å². The molecule has 1 heterocycles. The van der Waals surface area contributed by atoms with Gasteiger partial charge < -0.3 is 15.0 Å². The van der Waals surface area contributed by atoms with Crippen molar-refractivity contribution in [1.82, 2.24) is 15.2 Å². The molecule has 0 aliphatic carbocycles. The molecule has 116 valence electrons. The monoisotopic (exact) mass is 313 g/mol. The molecular formula is C13H19N3O4S. The molecule has 0 aromatic carbocycles. The predicted molar refractivity (Wildman–Crippen MR) is 78.3 cm³/mol. The summed E-state index contributed by atoms with van der Waals surface area (Å²) in [4.78, 5) is 40.7. The van der Waals surface area contributed by atoms with Crippen molar-refractivity contribution in [2.75, 3.05) is 26.7 Å².